The number of carbonyl (C=O) groups excluding carboxylic acids is 1. The second-order valence-corrected chi connectivity index (χ2v) is 4.76. The number of benzene rings is 1. The molecule has 1 heterocycles. The molecule has 0 aliphatic heterocycles. The minimum absolute atomic E-state index is 0.0338. The number of ether oxygens (including phenoxy) is 1. The number of methoxy groups -OCH3 is 1. The van der Waals surface area contributed by atoms with Gasteiger partial charge in [-0.1, -0.05) is 0 Å². The molecule has 1 amide bonds. The number of hydrogen-bond acceptors (Lipinski definition) is 3. The number of nitrogens with zero attached hydrogens (tertiary/aromatic N) is 2. The van der Waals surface area contributed by atoms with Crippen molar-refractivity contribution in [3.8, 4) is 17.1 Å². The molecule has 0 atom stereocenters. The summed E-state index contributed by atoms with van der Waals surface area (Å²) in [6.07, 6.45) is 0. The topological polar surface area (TPSA) is 58.2 Å². The molecule has 2 aromatic rings. The molecule has 0 saturated carbocycles. The van der Waals surface area contributed by atoms with Gasteiger partial charge in [-0.2, -0.15) is 0 Å². The summed E-state index contributed by atoms with van der Waals surface area (Å²) in [5.74, 6) is 1.46. The van der Waals surface area contributed by atoms with E-state index in [0.29, 0.717) is 24.6 Å². The summed E-state index contributed by atoms with van der Waals surface area (Å²) in [4.78, 5) is 21.8. The SMILES string of the molecule is CCN(CC)C(=O)c1nc(-c2ccc(OC)cc2)[nH]c1C. The number of amides is 1. The summed E-state index contributed by atoms with van der Waals surface area (Å²) < 4.78 is 5.14. The summed E-state index contributed by atoms with van der Waals surface area (Å²) in [5.41, 5.74) is 2.21. The van der Waals surface area contributed by atoms with Crippen LogP contribution in [0.5, 0.6) is 5.75 Å². The van der Waals surface area contributed by atoms with E-state index in [1.807, 2.05) is 45.0 Å². The third-order valence-corrected chi connectivity index (χ3v) is 3.50. The van der Waals surface area contributed by atoms with Gasteiger partial charge in [0.1, 0.15) is 17.3 Å². The molecule has 1 aromatic carbocycles. The molecule has 0 aliphatic rings. The highest BCUT2D eigenvalue weighted by molar-refractivity contribution is 5.94. The lowest BCUT2D eigenvalue weighted by molar-refractivity contribution is 0.0767. The molecule has 0 fully saturated rings. The Kier molecular flexibility index (Phi) is 4.62. The van der Waals surface area contributed by atoms with Crippen LogP contribution in [0.3, 0.4) is 0 Å². The van der Waals surface area contributed by atoms with Gasteiger partial charge in [-0.15, -0.1) is 0 Å². The lowest BCUT2D eigenvalue weighted by Gasteiger charge is -2.17. The van der Waals surface area contributed by atoms with Gasteiger partial charge in [-0.05, 0) is 45.0 Å². The second-order valence-electron chi connectivity index (χ2n) is 4.76. The first-order chi connectivity index (χ1) is 10.1. The molecule has 0 unspecified atom stereocenters. The normalized spacial score (nSPS) is 10.5. The van der Waals surface area contributed by atoms with E-state index in [4.69, 9.17) is 4.74 Å². The van der Waals surface area contributed by atoms with E-state index in [9.17, 15) is 4.79 Å². The maximum absolute atomic E-state index is 12.4. The lowest BCUT2D eigenvalue weighted by atomic mass is 10.2. The van der Waals surface area contributed by atoms with E-state index >= 15 is 0 Å². The smallest absolute Gasteiger partial charge is 0.274 e. The number of aromatic nitrogens is 2. The van der Waals surface area contributed by atoms with E-state index in [1.165, 1.54) is 0 Å². The second kappa shape index (κ2) is 6.43. The molecule has 0 spiro atoms. The largest absolute Gasteiger partial charge is 0.497 e. The summed E-state index contributed by atoms with van der Waals surface area (Å²) >= 11 is 0. The first kappa shape index (κ1) is 15.1. The Labute approximate surface area is 125 Å². The van der Waals surface area contributed by atoms with Crippen molar-refractivity contribution in [2.75, 3.05) is 20.2 Å². The van der Waals surface area contributed by atoms with E-state index in [0.717, 1.165) is 17.0 Å². The Morgan fingerprint density at radius 2 is 1.86 bits per heavy atom. The fourth-order valence-electron chi connectivity index (χ4n) is 2.21. The van der Waals surface area contributed by atoms with Crippen LogP contribution < -0.4 is 4.74 Å². The minimum atomic E-state index is -0.0338. The molecule has 21 heavy (non-hydrogen) atoms. The van der Waals surface area contributed by atoms with Gasteiger partial charge < -0.3 is 14.6 Å². The first-order valence-corrected chi connectivity index (χ1v) is 7.11. The zero-order valence-electron chi connectivity index (χ0n) is 12.9. The molecule has 0 saturated heterocycles. The maximum atomic E-state index is 12.4. The monoisotopic (exact) mass is 287 g/mol. The van der Waals surface area contributed by atoms with Crippen LogP contribution in [0.4, 0.5) is 0 Å². The molecular weight excluding hydrogens is 266 g/mol. The third-order valence-electron chi connectivity index (χ3n) is 3.50. The van der Waals surface area contributed by atoms with Crippen molar-refractivity contribution >= 4 is 5.91 Å². The van der Waals surface area contributed by atoms with Crippen LogP contribution in [0.2, 0.25) is 0 Å². The number of carbonyl (C=O) groups is 1. The van der Waals surface area contributed by atoms with Crippen LogP contribution in [-0.4, -0.2) is 41.0 Å². The molecule has 2 rings (SSSR count). The predicted octanol–water partition coefficient (Wildman–Crippen LogP) is 2.88. The highest BCUT2D eigenvalue weighted by atomic mass is 16.5. The van der Waals surface area contributed by atoms with Crippen LogP contribution in [-0.2, 0) is 0 Å². The standard InChI is InChI=1S/C16H21N3O2/c1-5-19(6-2)16(20)14-11(3)17-15(18-14)12-7-9-13(21-4)10-8-12/h7-10H,5-6H2,1-4H3,(H,17,18). The Balaban J connectivity index is 2.31. The van der Waals surface area contributed by atoms with Gasteiger partial charge in [-0.3, -0.25) is 4.79 Å². The number of aryl methyl sites for hydroxylation is 1. The predicted molar refractivity (Wildman–Crippen MR) is 82.6 cm³/mol. The highest BCUT2D eigenvalue weighted by Crippen LogP contribution is 2.21. The Bertz CT molecular complexity index is 613. The molecule has 0 bridgehead atoms. The van der Waals surface area contributed by atoms with Crippen LogP contribution in [0.15, 0.2) is 24.3 Å². The Morgan fingerprint density at radius 3 is 2.38 bits per heavy atom. The fraction of sp³-hybridized carbons (Fsp3) is 0.375. The van der Waals surface area contributed by atoms with Crippen molar-refractivity contribution < 1.29 is 9.53 Å². The summed E-state index contributed by atoms with van der Waals surface area (Å²) in [6, 6.07) is 7.59. The van der Waals surface area contributed by atoms with Crippen LogP contribution in [0.25, 0.3) is 11.4 Å². The number of nitrogens with one attached hydrogen (secondary N) is 1. The van der Waals surface area contributed by atoms with Gasteiger partial charge in [0.15, 0.2) is 0 Å². The van der Waals surface area contributed by atoms with Crippen molar-refractivity contribution in [2.45, 2.75) is 20.8 Å². The molecule has 1 N–H and O–H groups in total. The molecule has 1 aromatic heterocycles. The number of hydrogen-bond donors (Lipinski definition) is 1. The van der Waals surface area contributed by atoms with Gasteiger partial charge in [0, 0.05) is 24.3 Å². The summed E-state index contributed by atoms with van der Waals surface area (Å²) in [6.45, 7) is 7.16. The number of H-pyrrole nitrogens is 1. The minimum Gasteiger partial charge on any atom is -0.497 e. The number of rotatable bonds is 5. The van der Waals surface area contributed by atoms with E-state index in [2.05, 4.69) is 9.97 Å². The van der Waals surface area contributed by atoms with Crippen molar-refractivity contribution in [1.82, 2.24) is 14.9 Å². The summed E-state index contributed by atoms with van der Waals surface area (Å²) in [5, 5.41) is 0. The molecular formula is C16H21N3O2. The van der Waals surface area contributed by atoms with Gasteiger partial charge in [0.2, 0.25) is 0 Å². The van der Waals surface area contributed by atoms with Crippen LogP contribution >= 0.6 is 0 Å². The number of aromatic amines is 1. The van der Waals surface area contributed by atoms with Crippen molar-refractivity contribution in [3.63, 3.8) is 0 Å². The van der Waals surface area contributed by atoms with Crippen LogP contribution in [0.1, 0.15) is 30.0 Å². The summed E-state index contributed by atoms with van der Waals surface area (Å²) in [7, 11) is 1.63. The maximum Gasteiger partial charge on any atom is 0.274 e. The van der Waals surface area contributed by atoms with Gasteiger partial charge in [0.05, 0.1) is 7.11 Å². The average molecular weight is 287 g/mol. The lowest BCUT2D eigenvalue weighted by Crippen LogP contribution is -2.31. The van der Waals surface area contributed by atoms with E-state index in [1.54, 1.807) is 12.0 Å². The van der Waals surface area contributed by atoms with Crippen molar-refractivity contribution in [3.05, 3.63) is 35.7 Å². The fourth-order valence-corrected chi connectivity index (χ4v) is 2.21. The molecule has 0 radical (unpaired) electrons. The molecule has 5 nitrogen and oxygen atoms in total. The van der Waals surface area contributed by atoms with Crippen molar-refractivity contribution in [2.24, 2.45) is 0 Å². The molecule has 5 heteroatoms. The van der Waals surface area contributed by atoms with Crippen molar-refractivity contribution in [1.29, 1.82) is 0 Å². The Hall–Kier alpha value is -2.30. The van der Waals surface area contributed by atoms with Gasteiger partial charge in [-0.25, -0.2) is 4.98 Å². The number of imidazole rings is 1. The van der Waals surface area contributed by atoms with E-state index in [-0.39, 0.29) is 5.91 Å². The molecule has 112 valence electrons. The van der Waals surface area contributed by atoms with E-state index < -0.39 is 0 Å². The van der Waals surface area contributed by atoms with Gasteiger partial charge >= 0.3 is 0 Å². The Morgan fingerprint density at radius 1 is 1.24 bits per heavy atom. The zero-order valence-corrected chi connectivity index (χ0v) is 12.9. The first-order valence-electron chi connectivity index (χ1n) is 7.11. The zero-order chi connectivity index (χ0) is 15.4. The quantitative estimate of drug-likeness (QED) is 0.920. The average Bonchev–Trinajstić information content (AvgIpc) is 2.90. The molecule has 0 aliphatic carbocycles. The van der Waals surface area contributed by atoms with Crippen LogP contribution in [0, 0.1) is 6.92 Å². The van der Waals surface area contributed by atoms with Gasteiger partial charge in [0.25, 0.3) is 5.91 Å². The third kappa shape index (κ3) is 3.07. The highest BCUT2D eigenvalue weighted by Gasteiger charge is 2.19.